The Morgan fingerprint density at radius 1 is 0.840 bits per heavy atom. The largest absolute Gasteiger partial charge is 0.478 e. The summed E-state index contributed by atoms with van der Waals surface area (Å²) in [5, 5.41) is 49.2. The Labute approximate surface area is 294 Å². The summed E-state index contributed by atoms with van der Waals surface area (Å²) >= 11 is 1.51. The van der Waals surface area contributed by atoms with Crippen LogP contribution in [0.5, 0.6) is 0 Å². The van der Waals surface area contributed by atoms with Crippen LogP contribution in [0.15, 0.2) is 83.7 Å². The molecule has 0 fully saturated rings. The molecule has 50 heavy (non-hydrogen) atoms. The highest BCUT2D eigenvalue weighted by atomic mass is 32.3. The van der Waals surface area contributed by atoms with Gasteiger partial charge in [-0.1, -0.05) is 10.1 Å². The van der Waals surface area contributed by atoms with Crippen molar-refractivity contribution < 1.29 is 73.7 Å². The fourth-order valence-electron chi connectivity index (χ4n) is 3.34. The molecule has 0 saturated heterocycles. The average Bonchev–Trinajstić information content (AvgIpc) is 3.05. The molecule has 0 aromatic heterocycles. The van der Waals surface area contributed by atoms with Crippen molar-refractivity contribution in [3.63, 3.8) is 0 Å². The van der Waals surface area contributed by atoms with Gasteiger partial charge >= 0.3 is 22.3 Å². The maximum Gasteiger partial charge on any atom is 0.397 e. The first-order valence-electron chi connectivity index (χ1n) is 12.6. The van der Waals surface area contributed by atoms with Gasteiger partial charge in [0.05, 0.1) is 68.9 Å². The van der Waals surface area contributed by atoms with Gasteiger partial charge in [0.2, 0.25) is 0 Å². The summed E-state index contributed by atoms with van der Waals surface area (Å²) in [4.78, 5) is 23.6. The van der Waals surface area contributed by atoms with Crippen LogP contribution in [0.3, 0.4) is 0 Å². The van der Waals surface area contributed by atoms with Crippen LogP contribution in [0, 0.1) is 0 Å². The summed E-state index contributed by atoms with van der Waals surface area (Å²) < 4.78 is 72.9. The molecule has 3 aromatic rings. The molecule has 27 heteroatoms. The first-order chi connectivity index (χ1) is 23.6. The number of carboxylic acid groups (broad SMARTS) is 1. The van der Waals surface area contributed by atoms with Crippen molar-refractivity contribution in [2.75, 3.05) is 29.6 Å². The van der Waals surface area contributed by atoms with Crippen LogP contribution < -0.4 is 11.5 Å². The van der Waals surface area contributed by atoms with E-state index >= 15 is 0 Å². The number of aromatic carboxylic acids is 1. The molecule has 0 aliphatic carbocycles. The Hall–Kier alpha value is -3.97. The zero-order chi connectivity index (χ0) is 36.9. The number of nitrogens with zero attached hydrogens (tertiary/aromatic N) is 4. The molecule has 270 valence electrons. The fourth-order valence-corrected chi connectivity index (χ4v) is 6.21. The second-order valence-corrected chi connectivity index (χ2v) is 14.1. The SMILES string of the molecule is Nc1cc(C(=O)O)c(N=Nc2ccc(S(=O)(=O)CCOS(=O)(=O)O)cc2SOOO)c(N)c1N=Nc1ccc(SOC(=O)CSOOO)cc1. The van der Waals surface area contributed by atoms with Crippen LogP contribution in [0.2, 0.25) is 0 Å². The first kappa shape index (κ1) is 40.5. The van der Waals surface area contributed by atoms with E-state index in [2.05, 4.69) is 43.4 Å². The lowest BCUT2D eigenvalue weighted by atomic mass is 10.1. The predicted molar refractivity (Wildman–Crippen MR) is 173 cm³/mol. The average molecular weight is 799 g/mol. The van der Waals surface area contributed by atoms with Gasteiger partial charge in [0.15, 0.2) is 9.84 Å². The summed E-state index contributed by atoms with van der Waals surface area (Å²) in [5.41, 5.74) is 10.7. The van der Waals surface area contributed by atoms with Gasteiger partial charge in [-0.2, -0.15) is 13.5 Å². The van der Waals surface area contributed by atoms with Crippen LogP contribution in [-0.4, -0.2) is 67.1 Å². The van der Waals surface area contributed by atoms with E-state index in [4.69, 9.17) is 30.7 Å². The second-order valence-electron chi connectivity index (χ2n) is 8.69. The number of anilines is 2. The van der Waals surface area contributed by atoms with Gasteiger partial charge < -0.3 is 20.8 Å². The number of carboxylic acids is 1. The van der Waals surface area contributed by atoms with Crippen molar-refractivity contribution >= 4 is 102 Å². The van der Waals surface area contributed by atoms with E-state index in [1.807, 2.05) is 0 Å². The van der Waals surface area contributed by atoms with Crippen molar-refractivity contribution in [3.8, 4) is 0 Å². The zero-order valence-electron chi connectivity index (χ0n) is 24.4. The normalized spacial score (nSPS) is 12.1. The molecule has 0 heterocycles. The van der Waals surface area contributed by atoms with Gasteiger partial charge in [0.1, 0.15) is 22.8 Å². The maximum atomic E-state index is 12.7. The van der Waals surface area contributed by atoms with E-state index in [-0.39, 0.29) is 51.1 Å². The molecule has 3 aromatic carbocycles. The highest BCUT2D eigenvalue weighted by molar-refractivity contribution is 7.96. The van der Waals surface area contributed by atoms with Crippen molar-refractivity contribution in [1.29, 1.82) is 0 Å². The maximum absolute atomic E-state index is 12.7. The first-order valence-corrected chi connectivity index (χ1v) is 18.1. The standard InChI is InChI=1S/C23H22N6O16S5/c24-16-10-15(23(31)32)21(20(25)22(16)29-26-12-1-3-13(4-2-12)47-41-19(30)11-46-44-42-33)28-27-17-6-5-14(9-18(17)48-45-43-34)49(35,36)8-7-40-50(37,38)39/h1-6,9-10,33-34H,7-8,11,24-25H2,(H,31,32)(H,37,38,39). The molecule has 0 saturated carbocycles. The Balaban J connectivity index is 1.88. The third kappa shape index (κ3) is 12.4. The highest BCUT2D eigenvalue weighted by Crippen LogP contribution is 2.43. The van der Waals surface area contributed by atoms with Gasteiger partial charge in [0, 0.05) is 16.9 Å². The molecular formula is C23H22N6O16S5. The number of sulfone groups is 1. The van der Waals surface area contributed by atoms with Gasteiger partial charge in [-0.3, -0.25) is 9.35 Å². The van der Waals surface area contributed by atoms with E-state index in [9.17, 15) is 31.5 Å². The number of carbonyl (C=O) groups is 2. The second kappa shape index (κ2) is 18.9. The molecule has 0 aliphatic rings. The lowest BCUT2D eigenvalue weighted by molar-refractivity contribution is -0.432. The number of benzene rings is 3. The number of hydrogen-bond acceptors (Lipinski definition) is 23. The molecule has 3 rings (SSSR count). The molecule has 0 amide bonds. The minimum Gasteiger partial charge on any atom is -0.478 e. The van der Waals surface area contributed by atoms with Gasteiger partial charge in [0.25, 0.3) is 0 Å². The molecule has 8 N–H and O–H groups in total. The lowest BCUT2D eigenvalue weighted by Gasteiger charge is -2.10. The molecule has 0 unspecified atom stereocenters. The molecule has 0 radical (unpaired) electrons. The van der Waals surface area contributed by atoms with Crippen molar-refractivity contribution in [2.45, 2.75) is 14.7 Å². The van der Waals surface area contributed by atoms with E-state index < -0.39 is 60.7 Å². The molecule has 0 aliphatic heterocycles. The summed E-state index contributed by atoms with van der Waals surface area (Å²) in [7, 11) is -9.10. The molecule has 22 nitrogen and oxygen atoms in total. The number of azo groups is 2. The Kier molecular flexibility index (Phi) is 15.3. The highest BCUT2D eigenvalue weighted by Gasteiger charge is 2.22. The molecule has 0 atom stereocenters. The molecule has 0 bridgehead atoms. The smallest absolute Gasteiger partial charge is 0.397 e. The van der Waals surface area contributed by atoms with Crippen LogP contribution in [-0.2, 0) is 52.1 Å². The third-order valence-corrected chi connectivity index (χ3v) is 9.46. The van der Waals surface area contributed by atoms with Crippen LogP contribution >= 0.6 is 36.1 Å². The summed E-state index contributed by atoms with van der Waals surface area (Å²) in [6.45, 7) is -0.906. The van der Waals surface area contributed by atoms with Crippen LogP contribution in [0.4, 0.5) is 34.1 Å². The minimum atomic E-state index is -4.89. The van der Waals surface area contributed by atoms with Gasteiger partial charge in [-0.15, -0.1) is 24.0 Å². The molecule has 0 spiro atoms. The third-order valence-electron chi connectivity index (χ3n) is 5.44. The molecular weight excluding hydrogens is 777 g/mol. The number of carbonyl (C=O) groups excluding carboxylic acids is 1. The Morgan fingerprint density at radius 2 is 1.52 bits per heavy atom. The van der Waals surface area contributed by atoms with Crippen molar-refractivity contribution in [2.24, 2.45) is 20.5 Å². The van der Waals surface area contributed by atoms with E-state index in [1.165, 1.54) is 24.3 Å². The topological polar surface area (TPSA) is 340 Å². The van der Waals surface area contributed by atoms with Gasteiger partial charge in [-0.05, 0) is 48.5 Å². The van der Waals surface area contributed by atoms with Crippen LogP contribution in [0.25, 0.3) is 0 Å². The van der Waals surface area contributed by atoms with E-state index in [1.54, 1.807) is 0 Å². The quantitative estimate of drug-likeness (QED) is 0.0176. The van der Waals surface area contributed by atoms with E-state index in [0.717, 1.165) is 36.3 Å². The Bertz CT molecular complexity index is 1960. The summed E-state index contributed by atoms with van der Waals surface area (Å²) in [6.07, 6.45) is 0. The monoisotopic (exact) mass is 798 g/mol. The number of rotatable bonds is 19. The van der Waals surface area contributed by atoms with Gasteiger partial charge in [-0.25, -0.2) is 27.9 Å². The Morgan fingerprint density at radius 3 is 2.16 bits per heavy atom. The fraction of sp³-hybridized carbons (Fsp3) is 0.130. The number of nitrogen functional groups attached to an aromatic ring is 2. The number of hydrogen-bond donors (Lipinski definition) is 6. The van der Waals surface area contributed by atoms with Crippen LogP contribution in [0.1, 0.15) is 10.4 Å². The minimum absolute atomic E-state index is 0.147. The predicted octanol–water partition coefficient (Wildman–Crippen LogP) is 5.02. The summed E-state index contributed by atoms with van der Waals surface area (Å²) in [5.74, 6) is -3.32. The zero-order valence-corrected chi connectivity index (χ0v) is 28.5. The lowest BCUT2D eigenvalue weighted by Crippen LogP contribution is -2.15. The van der Waals surface area contributed by atoms with E-state index in [0.29, 0.717) is 16.9 Å². The summed E-state index contributed by atoms with van der Waals surface area (Å²) in [6, 6.07) is 10.2. The number of nitrogens with two attached hydrogens (primary N) is 2. The van der Waals surface area contributed by atoms with Crippen molar-refractivity contribution in [3.05, 3.63) is 54.1 Å². The van der Waals surface area contributed by atoms with Crippen molar-refractivity contribution in [1.82, 2.24) is 0 Å².